The number of aromatic nitrogens is 3. The molecule has 0 aliphatic rings. The molecule has 6 nitrogen and oxygen atoms in total. The zero-order valence-electron chi connectivity index (χ0n) is 12.8. The molecule has 22 heavy (non-hydrogen) atoms. The molecule has 0 radical (unpaired) electrons. The van der Waals surface area contributed by atoms with Gasteiger partial charge in [-0.25, -0.2) is 9.67 Å². The van der Waals surface area contributed by atoms with E-state index in [1.807, 2.05) is 39.1 Å². The molecule has 2 aromatic rings. The van der Waals surface area contributed by atoms with E-state index in [9.17, 15) is 4.79 Å². The van der Waals surface area contributed by atoms with E-state index in [0.29, 0.717) is 18.7 Å². The second-order valence-corrected chi connectivity index (χ2v) is 4.65. The molecule has 0 saturated heterocycles. The Morgan fingerprint density at radius 3 is 2.50 bits per heavy atom. The van der Waals surface area contributed by atoms with Crippen molar-refractivity contribution >= 4 is 36.4 Å². The van der Waals surface area contributed by atoms with Gasteiger partial charge in [-0.15, -0.1) is 24.8 Å². The Labute approximate surface area is 142 Å². The number of hydrogen-bond donors (Lipinski definition) is 2. The predicted molar refractivity (Wildman–Crippen MR) is 92.5 cm³/mol. The smallest absolute Gasteiger partial charge is 0.225 e. The molecule has 0 atom stereocenters. The fourth-order valence-electron chi connectivity index (χ4n) is 1.91. The number of pyridine rings is 1. The van der Waals surface area contributed by atoms with Crippen molar-refractivity contribution in [1.29, 1.82) is 0 Å². The average molecular weight is 346 g/mol. The molecule has 0 fully saturated rings. The Bertz CT molecular complexity index is 598. The fraction of sp³-hybridized carbons (Fsp3) is 0.357. The molecule has 122 valence electrons. The zero-order valence-corrected chi connectivity index (χ0v) is 14.4. The number of carbonyl (C=O) groups is 1. The van der Waals surface area contributed by atoms with Gasteiger partial charge in [0.25, 0.3) is 0 Å². The molecule has 0 aromatic carbocycles. The summed E-state index contributed by atoms with van der Waals surface area (Å²) in [4.78, 5) is 15.9. The molecular formula is C14H21Cl2N5O. The van der Waals surface area contributed by atoms with E-state index in [0.717, 1.165) is 17.2 Å². The lowest BCUT2D eigenvalue weighted by Gasteiger charge is -2.07. The summed E-state index contributed by atoms with van der Waals surface area (Å²) in [6.45, 7) is 4.58. The standard InChI is InChI=1S/C14H19N5O.2ClH/c1-10-8-11(2)19(18-10)13-5-4-12(9-16-13)17-14(20)6-7-15-3;;/h4-5,8-9,15H,6-7H2,1-3H3,(H,17,20);2*1H. The number of nitrogens with one attached hydrogen (secondary N) is 2. The molecule has 1 amide bonds. The molecule has 0 aliphatic carbocycles. The number of anilines is 1. The third kappa shape index (κ3) is 5.29. The minimum atomic E-state index is -0.0278. The van der Waals surface area contributed by atoms with Crippen LogP contribution < -0.4 is 10.6 Å². The molecule has 0 spiro atoms. The molecule has 8 heteroatoms. The van der Waals surface area contributed by atoms with E-state index in [2.05, 4.69) is 20.7 Å². The average Bonchev–Trinajstić information content (AvgIpc) is 2.76. The second-order valence-electron chi connectivity index (χ2n) is 4.65. The first-order chi connectivity index (χ1) is 9.60. The number of halogens is 2. The molecule has 0 aliphatic heterocycles. The van der Waals surface area contributed by atoms with Crippen LogP contribution in [0.25, 0.3) is 5.82 Å². The zero-order chi connectivity index (χ0) is 14.5. The third-order valence-electron chi connectivity index (χ3n) is 2.86. The maximum atomic E-state index is 11.6. The first-order valence-corrected chi connectivity index (χ1v) is 6.54. The first-order valence-electron chi connectivity index (χ1n) is 6.54. The normalized spacial score (nSPS) is 9.59. The number of rotatable bonds is 5. The first kappa shape index (κ1) is 20.4. The lowest BCUT2D eigenvalue weighted by Crippen LogP contribution is -2.18. The minimum Gasteiger partial charge on any atom is -0.325 e. The number of aryl methyl sites for hydroxylation is 2. The summed E-state index contributed by atoms with van der Waals surface area (Å²) in [6.07, 6.45) is 2.08. The maximum Gasteiger partial charge on any atom is 0.225 e. The van der Waals surface area contributed by atoms with Gasteiger partial charge in [-0.1, -0.05) is 0 Å². The summed E-state index contributed by atoms with van der Waals surface area (Å²) in [5.74, 6) is 0.712. The van der Waals surface area contributed by atoms with Crippen LogP contribution in [0.5, 0.6) is 0 Å². The van der Waals surface area contributed by atoms with Crippen LogP contribution in [0.3, 0.4) is 0 Å². The highest BCUT2D eigenvalue weighted by molar-refractivity contribution is 5.90. The summed E-state index contributed by atoms with van der Waals surface area (Å²) < 4.78 is 1.78. The van der Waals surface area contributed by atoms with Gasteiger partial charge < -0.3 is 10.6 Å². The van der Waals surface area contributed by atoms with Crippen molar-refractivity contribution in [3.8, 4) is 5.82 Å². The van der Waals surface area contributed by atoms with Crippen molar-refractivity contribution < 1.29 is 4.79 Å². The van der Waals surface area contributed by atoms with Crippen molar-refractivity contribution in [1.82, 2.24) is 20.1 Å². The van der Waals surface area contributed by atoms with Crippen LogP contribution in [0.15, 0.2) is 24.4 Å². The highest BCUT2D eigenvalue weighted by atomic mass is 35.5. The van der Waals surface area contributed by atoms with Crippen LogP contribution in [-0.4, -0.2) is 34.3 Å². The van der Waals surface area contributed by atoms with Crippen LogP contribution in [0.2, 0.25) is 0 Å². The molecule has 0 unspecified atom stereocenters. The van der Waals surface area contributed by atoms with Crippen LogP contribution in [0.4, 0.5) is 5.69 Å². The molecule has 0 saturated carbocycles. The summed E-state index contributed by atoms with van der Waals surface area (Å²) in [6, 6.07) is 5.66. The third-order valence-corrected chi connectivity index (χ3v) is 2.86. The number of carbonyl (C=O) groups excluding carboxylic acids is 1. The molecular weight excluding hydrogens is 325 g/mol. The molecule has 2 aromatic heterocycles. The maximum absolute atomic E-state index is 11.6. The highest BCUT2D eigenvalue weighted by Crippen LogP contribution is 2.12. The fourth-order valence-corrected chi connectivity index (χ4v) is 1.91. The molecule has 2 rings (SSSR count). The quantitative estimate of drug-likeness (QED) is 0.871. The predicted octanol–water partition coefficient (Wildman–Crippen LogP) is 2.28. The van der Waals surface area contributed by atoms with Gasteiger partial charge in [0.05, 0.1) is 17.6 Å². The van der Waals surface area contributed by atoms with Gasteiger partial charge in [0.2, 0.25) is 5.91 Å². The Morgan fingerprint density at radius 1 is 1.27 bits per heavy atom. The van der Waals surface area contributed by atoms with Crippen molar-refractivity contribution in [3.05, 3.63) is 35.8 Å². The van der Waals surface area contributed by atoms with Gasteiger partial charge in [0.1, 0.15) is 0 Å². The van der Waals surface area contributed by atoms with E-state index in [1.165, 1.54) is 0 Å². The Morgan fingerprint density at radius 2 is 2.00 bits per heavy atom. The van der Waals surface area contributed by atoms with E-state index < -0.39 is 0 Å². The van der Waals surface area contributed by atoms with Gasteiger partial charge in [-0.3, -0.25) is 4.79 Å². The lowest BCUT2D eigenvalue weighted by molar-refractivity contribution is -0.116. The SMILES string of the molecule is CNCCC(=O)Nc1ccc(-n2nc(C)cc2C)nc1.Cl.Cl. The Hall–Kier alpha value is -1.63. The highest BCUT2D eigenvalue weighted by Gasteiger charge is 2.06. The van der Waals surface area contributed by atoms with E-state index >= 15 is 0 Å². The molecule has 0 bridgehead atoms. The van der Waals surface area contributed by atoms with Crippen LogP contribution in [0, 0.1) is 13.8 Å². The van der Waals surface area contributed by atoms with Crippen molar-refractivity contribution in [3.63, 3.8) is 0 Å². The van der Waals surface area contributed by atoms with E-state index in [4.69, 9.17) is 0 Å². The number of amides is 1. The van der Waals surface area contributed by atoms with Gasteiger partial charge in [0.15, 0.2) is 5.82 Å². The molecule has 2 heterocycles. The van der Waals surface area contributed by atoms with Gasteiger partial charge in [0, 0.05) is 18.7 Å². The van der Waals surface area contributed by atoms with Gasteiger partial charge >= 0.3 is 0 Å². The number of hydrogen-bond acceptors (Lipinski definition) is 4. The summed E-state index contributed by atoms with van der Waals surface area (Å²) >= 11 is 0. The lowest BCUT2D eigenvalue weighted by atomic mass is 10.3. The van der Waals surface area contributed by atoms with Crippen LogP contribution >= 0.6 is 24.8 Å². The second kappa shape index (κ2) is 9.40. The molecule has 2 N–H and O–H groups in total. The minimum absolute atomic E-state index is 0. The van der Waals surface area contributed by atoms with E-state index in [1.54, 1.807) is 10.9 Å². The number of nitrogens with zero attached hydrogens (tertiary/aromatic N) is 3. The van der Waals surface area contributed by atoms with E-state index in [-0.39, 0.29) is 30.7 Å². The summed E-state index contributed by atoms with van der Waals surface area (Å²) in [5.41, 5.74) is 2.67. The summed E-state index contributed by atoms with van der Waals surface area (Å²) in [7, 11) is 1.82. The van der Waals surface area contributed by atoms with Crippen molar-refractivity contribution in [2.24, 2.45) is 0 Å². The Balaban J connectivity index is 0.00000220. The largest absolute Gasteiger partial charge is 0.325 e. The van der Waals surface area contributed by atoms with Gasteiger partial charge in [-0.2, -0.15) is 5.10 Å². The monoisotopic (exact) mass is 345 g/mol. The van der Waals surface area contributed by atoms with Crippen LogP contribution in [0.1, 0.15) is 17.8 Å². The topological polar surface area (TPSA) is 71.8 Å². The van der Waals surface area contributed by atoms with Crippen molar-refractivity contribution in [2.45, 2.75) is 20.3 Å². The van der Waals surface area contributed by atoms with Crippen molar-refractivity contribution in [2.75, 3.05) is 18.9 Å². The Kier molecular flexibility index (Phi) is 8.70. The van der Waals surface area contributed by atoms with Gasteiger partial charge in [-0.05, 0) is 39.1 Å². The van der Waals surface area contributed by atoms with Crippen LogP contribution in [-0.2, 0) is 4.79 Å². The summed E-state index contributed by atoms with van der Waals surface area (Å²) in [5, 5.41) is 10.1.